The number of hydrogen-bond acceptors (Lipinski definition) is 3. The van der Waals surface area contributed by atoms with Crippen LogP contribution >= 0.6 is 0 Å². The number of fused-ring (bicyclic) bond motifs is 10. The van der Waals surface area contributed by atoms with Gasteiger partial charge in [0, 0.05) is 0 Å². The molecule has 0 aliphatic carbocycles. The molecule has 0 bridgehead atoms. The van der Waals surface area contributed by atoms with Crippen molar-refractivity contribution in [2.45, 2.75) is 0 Å². The zero-order valence-corrected chi connectivity index (χ0v) is 28.1. The predicted octanol–water partition coefficient (Wildman–Crippen LogP) is 11.4. The van der Waals surface area contributed by atoms with E-state index in [9.17, 15) is 0 Å². The maximum absolute atomic E-state index is 5.15. The van der Waals surface area contributed by atoms with E-state index in [0.29, 0.717) is 32.0 Å². The van der Waals surface area contributed by atoms with Gasteiger partial charge in [-0.2, -0.15) is 0 Å². The molecule has 0 radical (unpaired) electrons. The van der Waals surface area contributed by atoms with Crippen LogP contribution in [-0.4, -0.2) is 29.5 Å². The van der Waals surface area contributed by atoms with E-state index in [-0.39, 0.29) is 0 Å². The topological polar surface area (TPSA) is 38.7 Å². The van der Waals surface area contributed by atoms with Gasteiger partial charge in [-0.15, -0.1) is 0 Å². The summed E-state index contributed by atoms with van der Waals surface area (Å²) in [6.45, 7) is 0. The first kappa shape index (κ1) is 28.1. The SMILES string of the molecule is c1ccc(-c2cccc(-c3nc(-c4ccccc4)nc(-c4ccc5c(c4)c4ccccc4c4ccc6[se]c7ccccc7c6c45)n3)c2)cc1. The van der Waals surface area contributed by atoms with Gasteiger partial charge < -0.3 is 0 Å². The zero-order chi connectivity index (χ0) is 32.3. The number of nitrogens with zero attached hydrogens (tertiary/aromatic N) is 3. The third kappa shape index (κ3) is 4.69. The van der Waals surface area contributed by atoms with Gasteiger partial charge in [0.25, 0.3) is 0 Å². The summed E-state index contributed by atoms with van der Waals surface area (Å²) >= 11 is 0.297. The van der Waals surface area contributed by atoms with Crippen molar-refractivity contribution in [3.05, 3.63) is 164 Å². The fraction of sp³-hybridized carbons (Fsp3) is 0. The second kappa shape index (κ2) is 11.3. The Kier molecular flexibility index (Phi) is 6.51. The summed E-state index contributed by atoms with van der Waals surface area (Å²) in [5, 5.41) is 10.4. The fourth-order valence-electron chi connectivity index (χ4n) is 7.22. The number of hydrogen-bond donors (Lipinski definition) is 0. The number of benzene rings is 8. The first-order chi connectivity index (χ1) is 24.3. The van der Waals surface area contributed by atoms with E-state index in [2.05, 4.69) is 140 Å². The van der Waals surface area contributed by atoms with E-state index < -0.39 is 0 Å². The normalized spacial score (nSPS) is 11.7. The molecule has 10 aromatic rings. The zero-order valence-electron chi connectivity index (χ0n) is 26.3. The van der Waals surface area contributed by atoms with Crippen LogP contribution < -0.4 is 0 Å². The first-order valence-electron chi connectivity index (χ1n) is 16.4. The molecular weight excluding hydrogens is 661 g/mol. The summed E-state index contributed by atoms with van der Waals surface area (Å²) in [7, 11) is 0. The van der Waals surface area contributed by atoms with Crippen LogP contribution in [0.2, 0.25) is 0 Å². The smallest absolute Gasteiger partial charge is 0.0617 e. The monoisotopic (exact) mass is 689 g/mol. The van der Waals surface area contributed by atoms with Crippen molar-refractivity contribution in [1.82, 2.24) is 15.0 Å². The summed E-state index contributed by atoms with van der Waals surface area (Å²) in [5.41, 5.74) is 5.16. The minimum atomic E-state index is 0.297. The molecule has 4 heteroatoms. The maximum atomic E-state index is 5.15. The Morgan fingerprint density at radius 3 is 1.57 bits per heavy atom. The van der Waals surface area contributed by atoms with Crippen LogP contribution in [0.25, 0.3) is 96.9 Å². The van der Waals surface area contributed by atoms with Crippen LogP contribution in [0.15, 0.2) is 164 Å². The quantitative estimate of drug-likeness (QED) is 0.136. The van der Waals surface area contributed by atoms with E-state index in [1.165, 1.54) is 51.6 Å². The first-order valence-corrected chi connectivity index (χ1v) is 18.2. The van der Waals surface area contributed by atoms with Crippen LogP contribution in [-0.2, 0) is 0 Å². The van der Waals surface area contributed by atoms with Crippen LogP contribution in [0.4, 0.5) is 0 Å². The van der Waals surface area contributed by atoms with Gasteiger partial charge in [-0.3, -0.25) is 0 Å². The van der Waals surface area contributed by atoms with E-state index in [1.807, 2.05) is 24.3 Å². The average Bonchev–Trinajstić information content (AvgIpc) is 3.57. The van der Waals surface area contributed by atoms with Crippen molar-refractivity contribution in [3.63, 3.8) is 0 Å². The molecule has 0 aliphatic rings. The van der Waals surface area contributed by atoms with Crippen LogP contribution in [0.1, 0.15) is 0 Å². The molecule has 0 atom stereocenters. The molecular formula is C45H27N3Se. The van der Waals surface area contributed by atoms with E-state index in [0.717, 1.165) is 27.8 Å². The van der Waals surface area contributed by atoms with Crippen LogP contribution in [0, 0.1) is 0 Å². The van der Waals surface area contributed by atoms with Crippen molar-refractivity contribution in [2.24, 2.45) is 0 Å². The third-order valence-electron chi connectivity index (χ3n) is 9.49. The van der Waals surface area contributed by atoms with Gasteiger partial charge in [-0.1, -0.05) is 60.7 Å². The molecule has 8 aromatic carbocycles. The van der Waals surface area contributed by atoms with Crippen LogP contribution in [0.3, 0.4) is 0 Å². The van der Waals surface area contributed by atoms with Crippen LogP contribution in [0.5, 0.6) is 0 Å². The summed E-state index contributed by atoms with van der Waals surface area (Å²) < 4.78 is 2.91. The number of rotatable bonds is 4. The van der Waals surface area contributed by atoms with Gasteiger partial charge in [-0.05, 0) is 11.1 Å². The van der Waals surface area contributed by atoms with E-state index in [1.54, 1.807) is 0 Å². The molecule has 228 valence electrons. The summed E-state index contributed by atoms with van der Waals surface area (Å²) in [6.07, 6.45) is 0. The summed E-state index contributed by atoms with van der Waals surface area (Å²) in [4.78, 5) is 15.3. The minimum Gasteiger partial charge on any atom is -0.0617 e. The average molecular weight is 689 g/mol. The predicted molar refractivity (Wildman–Crippen MR) is 206 cm³/mol. The van der Waals surface area contributed by atoms with E-state index >= 15 is 0 Å². The van der Waals surface area contributed by atoms with Crippen molar-refractivity contribution >= 4 is 66.1 Å². The molecule has 2 heterocycles. The molecule has 0 saturated carbocycles. The molecule has 0 amide bonds. The molecule has 0 fully saturated rings. The molecule has 0 aliphatic heterocycles. The summed E-state index contributed by atoms with van der Waals surface area (Å²) in [6, 6.07) is 58.3. The Hall–Kier alpha value is -5.93. The standard InChI is InChI=1S/C45H27N3Se/c1-3-12-28(13-4-1)30-16-11-17-31(26-30)44-46-43(29-14-5-2-6-15-29)47-45(48-44)32-22-23-36-38(27-32)34-19-8-7-18-33(34)35-24-25-40-42(41(35)36)37-20-9-10-21-39(37)49-40/h1-27H. The second-order valence-corrected chi connectivity index (χ2v) is 14.7. The Balaban J connectivity index is 1.23. The molecule has 3 nitrogen and oxygen atoms in total. The van der Waals surface area contributed by atoms with Gasteiger partial charge in [-0.25, -0.2) is 0 Å². The molecule has 2 aromatic heterocycles. The molecule has 0 unspecified atom stereocenters. The minimum absolute atomic E-state index is 0.297. The molecule has 0 spiro atoms. The summed E-state index contributed by atoms with van der Waals surface area (Å²) in [5.74, 6) is 1.97. The van der Waals surface area contributed by atoms with Gasteiger partial charge in [0.05, 0.1) is 0 Å². The van der Waals surface area contributed by atoms with Gasteiger partial charge in [0.2, 0.25) is 0 Å². The van der Waals surface area contributed by atoms with E-state index in [4.69, 9.17) is 15.0 Å². The Morgan fingerprint density at radius 2 is 0.816 bits per heavy atom. The van der Waals surface area contributed by atoms with Crippen molar-refractivity contribution in [3.8, 4) is 45.3 Å². The Bertz CT molecular complexity index is 2880. The Labute approximate surface area is 288 Å². The van der Waals surface area contributed by atoms with Crippen molar-refractivity contribution in [2.75, 3.05) is 0 Å². The number of aromatic nitrogens is 3. The molecule has 10 rings (SSSR count). The van der Waals surface area contributed by atoms with Gasteiger partial charge in [0.15, 0.2) is 0 Å². The third-order valence-corrected chi connectivity index (χ3v) is 11.9. The van der Waals surface area contributed by atoms with Gasteiger partial charge in [0.1, 0.15) is 0 Å². The fourth-order valence-corrected chi connectivity index (χ4v) is 9.55. The second-order valence-electron chi connectivity index (χ2n) is 12.4. The molecule has 49 heavy (non-hydrogen) atoms. The molecule has 0 saturated heterocycles. The Morgan fingerprint density at radius 1 is 0.286 bits per heavy atom. The molecule has 0 N–H and O–H groups in total. The van der Waals surface area contributed by atoms with Crippen molar-refractivity contribution in [1.29, 1.82) is 0 Å². The van der Waals surface area contributed by atoms with Gasteiger partial charge >= 0.3 is 218 Å². The van der Waals surface area contributed by atoms with Crippen molar-refractivity contribution < 1.29 is 0 Å².